The van der Waals surface area contributed by atoms with Crippen molar-refractivity contribution >= 4 is 0 Å². The van der Waals surface area contributed by atoms with Gasteiger partial charge in [-0.2, -0.15) is 5.21 Å². The molecule has 38 heavy (non-hydrogen) atoms. The summed E-state index contributed by atoms with van der Waals surface area (Å²) >= 11 is 0. The molecule has 5 atom stereocenters. The predicted molar refractivity (Wildman–Crippen MR) is 139 cm³/mol. The van der Waals surface area contributed by atoms with Crippen molar-refractivity contribution in [2.24, 2.45) is 0 Å². The van der Waals surface area contributed by atoms with Crippen LogP contribution in [0.25, 0.3) is 0 Å². The van der Waals surface area contributed by atoms with Gasteiger partial charge in [0.05, 0.1) is 25.9 Å². The van der Waals surface area contributed by atoms with Gasteiger partial charge in [0.25, 0.3) is 0 Å². The molecule has 0 bridgehead atoms. The lowest BCUT2D eigenvalue weighted by Gasteiger charge is -2.45. The number of benzene rings is 3. The lowest BCUT2D eigenvalue weighted by atomic mass is 9.95. The fraction of sp³-hybridized carbons (Fsp3) is 0.345. The van der Waals surface area contributed by atoms with Gasteiger partial charge in [-0.15, -0.1) is 10.2 Å². The molecule has 3 aromatic carbocycles. The molecule has 198 valence electrons. The molecule has 4 aromatic rings. The number of nitrogens with zero attached hydrogens (tertiary/aromatic N) is 3. The normalized spacial score (nSPS) is 23.3. The van der Waals surface area contributed by atoms with E-state index in [4.69, 9.17) is 23.7 Å². The fourth-order valence-corrected chi connectivity index (χ4v) is 4.55. The number of nitrogens with one attached hydrogen (secondary N) is 1. The van der Waals surface area contributed by atoms with Gasteiger partial charge in [-0.05, 0) is 16.7 Å². The molecule has 1 saturated heterocycles. The average molecular weight is 517 g/mol. The third-order valence-corrected chi connectivity index (χ3v) is 6.45. The Morgan fingerprint density at radius 1 is 0.684 bits per heavy atom. The number of H-pyrrole nitrogens is 1. The van der Waals surface area contributed by atoms with E-state index < -0.39 is 30.7 Å². The van der Waals surface area contributed by atoms with Crippen molar-refractivity contribution in [3.8, 4) is 0 Å². The Kier molecular flexibility index (Phi) is 9.20. The molecule has 5 rings (SSSR count). The zero-order valence-corrected chi connectivity index (χ0v) is 21.3. The van der Waals surface area contributed by atoms with Crippen LogP contribution in [-0.4, -0.2) is 58.4 Å². The van der Waals surface area contributed by atoms with Crippen LogP contribution in [0.3, 0.4) is 0 Å². The van der Waals surface area contributed by atoms with Crippen molar-refractivity contribution in [2.45, 2.75) is 56.9 Å². The first-order valence-corrected chi connectivity index (χ1v) is 12.7. The molecule has 9 heteroatoms. The first-order valence-electron chi connectivity index (χ1n) is 12.7. The van der Waals surface area contributed by atoms with Gasteiger partial charge in [-0.25, -0.2) is 0 Å². The van der Waals surface area contributed by atoms with Gasteiger partial charge < -0.3 is 23.7 Å². The summed E-state index contributed by atoms with van der Waals surface area (Å²) in [5, 5.41) is 14.5. The minimum absolute atomic E-state index is 0.367. The van der Waals surface area contributed by atoms with Crippen LogP contribution in [0.2, 0.25) is 0 Å². The van der Waals surface area contributed by atoms with Gasteiger partial charge in [0.15, 0.2) is 12.1 Å². The monoisotopic (exact) mass is 516 g/mol. The summed E-state index contributed by atoms with van der Waals surface area (Å²) in [6.07, 6.45) is -2.33. The van der Waals surface area contributed by atoms with E-state index in [0.717, 1.165) is 16.7 Å². The summed E-state index contributed by atoms with van der Waals surface area (Å²) in [4.78, 5) is 0. The number of aromatic nitrogens is 4. The maximum atomic E-state index is 6.58. The zero-order valence-electron chi connectivity index (χ0n) is 21.3. The third-order valence-electron chi connectivity index (χ3n) is 6.45. The number of methoxy groups -OCH3 is 1. The number of aromatic amines is 1. The van der Waals surface area contributed by atoms with E-state index in [0.29, 0.717) is 32.1 Å². The Morgan fingerprint density at radius 3 is 1.66 bits per heavy atom. The van der Waals surface area contributed by atoms with Crippen LogP contribution in [0.15, 0.2) is 91.0 Å². The van der Waals surface area contributed by atoms with Crippen molar-refractivity contribution in [3.63, 3.8) is 0 Å². The zero-order chi connectivity index (χ0) is 26.0. The van der Waals surface area contributed by atoms with Crippen LogP contribution < -0.4 is 0 Å². The Bertz CT molecular complexity index is 1200. The molecule has 1 aliphatic rings. The van der Waals surface area contributed by atoms with E-state index in [2.05, 4.69) is 20.6 Å². The van der Waals surface area contributed by atoms with E-state index in [-0.39, 0.29) is 0 Å². The highest BCUT2D eigenvalue weighted by molar-refractivity contribution is 5.16. The summed E-state index contributed by atoms with van der Waals surface area (Å²) in [6, 6.07) is 30.0. The predicted octanol–water partition coefficient (Wildman–Crippen LogP) is 3.87. The number of rotatable bonds is 12. The maximum Gasteiger partial charge on any atom is 0.186 e. The number of hydrogen-bond acceptors (Lipinski definition) is 8. The SMILES string of the molecule is COC1OC(Cc2nn[nH]n2)C(OCc2ccccc2)C(OCc2ccccc2)C1OCc1ccccc1. The first-order chi connectivity index (χ1) is 18.8. The van der Waals surface area contributed by atoms with E-state index >= 15 is 0 Å². The van der Waals surface area contributed by atoms with Gasteiger partial charge in [-0.1, -0.05) is 96.2 Å². The van der Waals surface area contributed by atoms with Crippen LogP contribution in [0.5, 0.6) is 0 Å². The summed E-state index contributed by atoms with van der Waals surface area (Å²) in [6.45, 7) is 1.14. The van der Waals surface area contributed by atoms with Crippen LogP contribution in [0, 0.1) is 0 Å². The fourth-order valence-electron chi connectivity index (χ4n) is 4.55. The minimum atomic E-state index is -0.687. The molecule has 1 fully saturated rings. The molecule has 5 unspecified atom stereocenters. The molecule has 1 aliphatic heterocycles. The van der Waals surface area contributed by atoms with Crippen molar-refractivity contribution in [1.82, 2.24) is 20.6 Å². The molecule has 2 heterocycles. The van der Waals surface area contributed by atoms with Gasteiger partial charge in [0, 0.05) is 13.5 Å². The highest BCUT2D eigenvalue weighted by atomic mass is 16.7. The van der Waals surface area contributed by atoms with Crippen LogP contribution in [-0.2, 0) is 49.9 Å². The molecule has 0 radical (unpaired) electrons. The highest BCUT2D eigenvalue weighted by Gasteiger charge is 2.49. The van der Waals surface area contributed by atoms with Crippen molar-refractivity contribution < 1.29 is 23.7 Å². The topological polar surface area (TPSA) is 101 Å². The molecule has 0 aliphatic carbocycles. The Hall–Kier alpha value is -3.47. The van der Waals surface area contributed by atoms with Crippen LogP contribution in [0.4, 0.5) is 0 Å². The number of ether oxygens (including phenoxy) is 5. The standard InChI is InChI=1S/C29H32N4O5/c1-34-29-28(37-20-23-15-9-4-10-16-23)27(36-19-22-13-7-3-8-14-22)26(35-18-21-11-5-2-6-12-21)24(38-29)17-25-30-32-33-31-25/h2-16,24,26-29H,17-20H2,1H3,(H,30,31,32,33). The van der Waals surface area contributed by atoms with E-state index in [9.17, 15) is 0 Å². The largest absolute Gasteiger partial charge is 0.368 e. The molecule has 0 amide bonds. The Labute approximate surface area is 222 Å². The molecule has 1 N–H and O–H groups in total. The lowest BCUT2D eigenvalue weighted by molar-refractivity contribution is -0.317. The molecular weight excluding hydrogens is 484 g/mol. The summed E-state index contributed by atoms with van der Waals surface area (Å²) < 4.78 is 31.8. The Balaban J connectivity index is 1.43. The second-order valence-electron chi connectivity index (χ2n) is 9.09. The van der Waals surface area contributed by atoms with E-state index in [1.165, 1.54) is 0 Å². The van der Waals surface area contributed by atoms with Crippen LogP contribution >= 0.6 is 0 Å². The minimum Gasteiger partial charge on any atom is -0.368 e. The van der Waals surface area contributed by atoms with Gasteiger partial charge >= 0.3 is 0 Å². The average Bonchev–Trinajstić information content (AvgIpc) is 3.49. The van der Waals surface area contributed by atoms with Crippen LogP contribution in [0.1, 0.15) is 22.5 Å². The molecule has 0 saturated carbocycles. The second kappa shape index (κ2) is 13.4. The lowest BCUT2D eigenvalue weighted by Crippen LogP contribution is -2.61. The quantitative estimate of drug-likeness (QED) is 0.303. The van der Waals surface area contributed by atoms with Gasteiger partial charge in [0.1, 0.15) is 18.3 Å². The third kappa shape index (κ3) is 6.89. The number of tetrazole rings is 1. The molecule has 0 spiro atoms. The van der Waals surface area contributed by atoms with E-state index in [1.54, 1.807) is 7.11 Å². The van der Waals surface area contributed by atoms with Crippen molar-refractivity contribution in [1.29, 1.82) is 0 Å². The molecule has 1 aromatic heterocycles. The van der Waals surface area contributed by atoms with E-state index in [1.807, 2.05) is 91.0 Å². The Morgan fingerprint density at radius 2 is 1.18 bits per heavy atom. The highest BCUT2D eigenvalue weighted by Crippen LogP contribution is 2.32. The summed E-state index contributed by atoms with van der Waals surface area (Å²) in [5.41, 5.74) is 3.13. The van der Waals surface area contributed by atoms with Crippen molar-refractivity contribution in [2.75, 3.05) is 7.11 Å². The first kappa shape index (κ1) is 26.1. The summed E-state index contributed by atoms with van der Waals surface area (Å²) in [7, 11) is 1.61. The summed E-state index contributed by atoms with van der Waals surface area (Å²) in [5.74, 6) is 0.517. The molecular formula is C29H32N4O5. The van der Waals surface area contributed by atoms with Gasteiger partial charge in [0.2, 0.25) is 0 Å². The smallest absolute Gasteiger partial charge is 0.186 e. The maximum absolute atomic E-state index is 6.58. The van der Waals surface area contributed by atoms with Crippen molar-refractivity contribution in [3.05, 3.63) is 114 Å². The molecule has 9 nitrogen and oxygen atoms in total. The van der Waals surface area contributed by atoms with Gasteiger partial charge in [-0.3, -0.25) is 0 Å². The number of hydrogen-bond donors (Lipinski definition) is 1. The second-order valence-corrected chi connectivity index (χ2v) is 9.09.